The molecule has 4 nitrogen and oxygen atoms in total. The van der Waals surface area contributed by atoms with Crippen molar-refractivity contribution in [1.29, 1.82) is 0 Å². The lowest BCUT2D eigenvalue weighted by molar-refractivity contribution is 0.223. The first-order valence-corrected chi connectivity index (χ1v) is 6.24. The quantitative estimate of drug-likeness (QED) is 0.819. The Morgan fingerprint density at radius 2 is 2.19 bits per heavy atom. The van der Waals surface area contributed by atoms with Crippen molar-refractivity contribution in [2.24, 2.45) is 0 Å². The van der Waals surface area contributed by atoms with Crippen LogP contribution in [0.2, 0.25) is 0 Å². The van der Waals surface area contributed by atoms with Crippen molar-refractivity contribution in [1.82, 2.24) is 14.9 Å². The van der Waals surface area contributed by atoms with E-state index in [4.69, 9.17) is 0 Å². The number of likely N-dealkylation sites (tertiary alicyclic amines) is 1. The molecule has 0 aromatic carbocycles. The molecule has 1 aromatic rings. The van der Waals surface area contributed by atoms with E-state index in [1.54, 1.807) is 0 Å². The molecule has 0 aliphatic carbocycles. The molecule has 1 aromatic heterocycles. The van der Waals surface area contributed by atoms with Crippen molar-refractivity contribution in [3.63, 3.8) is 0 Å². The van der Waals surface area contributed by atoms with Gasteiger partial charge in [-0.05, 0) is 39.8 Å². The molecular formula is C12H22N4. The molecule has 1 saturated heterocycles. The standard InChI is InChI=1S/C12H22N4/c1-10-8-13-12(14-10)15-11(2)9-16-6-4-3-5-7-16/h8,11H,3-7,9H2,1-2H3,(H2,13,14,15). The van der Waals surface area contributed by atoms with Crippen molar-refractivity contribution in [3.8, 4) is 0 Å². The van der Waals surface area contributed by atoms with E-state index in [9.17, 15) is 0 Å². The Bertz CT molecular complexity index is 315. The number of hydrogen-bond donors (Lipinski definition) is 2. The van der Waals surface area contributed by atoms with Gasteiger partial charge in [-0.25, -0.2) is 4.98 Å². The predicted octanol–water partition coefficient (Wildman–Crippen LogP) is 2.00. The Labute approximate surface area is 97.4 Å². The molecule has 0 radical (unpaired) electrons. The summed E-state index contributed by atoms with van der Waals surface area (Å²) in [6.45, 7) is 7.85. The normalized spacial score (nSPS) is 19.6. The van der Waals surface area contributed by atoms with Crippen LogP contribution >= 0.6 is 0 Å². The van der Waals surface area contributed by atoms with Crippen LogP contribution in [-0.2, 0) is 0 Å². The first-order valence-electron chi connectivity index (χ1n) is 6.24. The number of nitrogens with zero attached hydrogens (tertiary/aromatic N) is 2. The van der Waals surface area contributed by atoms with Crippen LogP contribution < -0.4 is 5.32 Å². The largest absolute Gasteiger partial charge is 0.352 e. The number of aromatic amines is 1. The molecule has 1 aliphatic heterocycles. The van der Waals surface area contributed by atoms with Crippen LogP contribution in [0.5, 0.6) is 0 Å². The molecule has 90 valence electrons. The fourth-order valence-electron chi connectivity index (χ4n) is 2.29. The fourth-order valence-corrected chi connectivity index (χ4v) is 2.29. The highest BCUT2D eigenvalue weighted by Gasteiger charge is 2.13. The molecule has 0 spiro atoms. The maximum absolute atomic E-state index is 4.26. The van der Waals surface area contributed by atoms with E-state index in [0.717, 1.165) is 18.2 Å². The molecule has 2 rings (SSSR count). The molecule has 16 heavy (non-hydrogen) atoms. The highest BCUT2D eigenvalue weighted by Crippen LogP contribution is 2.10. The van der Waals surface area contributed by atoms with Gasteiger partial charge in [-0.2, -0.15) is 0 Å². The van der Waals surface area contributed by atoms with Crippen molar-refractivity contribution in [3.05, 3.63) is 11.9 Å². The van der Waals surface area contributed by atoms with E-state index < -0.39 is 0 Å². The summed E-state index contributed by atoms with van der Waals surface area (Å²) in [4.78, 5) is 10.0. The van der Waals surface area contributed by atoms with Crippen molar-refractivity contribution < 1.29 is 0 Å². The van der Waals surface area contributed by atoms with Gasteiger partial charge in [0, 0.05) is 24.5 Å². The molecule has 2 heterocycles. The number of H-pyrrole nitrogens is 1. The van der Waals surface area contributed by atoms with Gasteiger partial charge in [-0.3, -0.25) is 0 Å². The Balaban J connectivity index is 1.77. The summed E-state index contributed by atoms with van der Waals surface area (Å²) in [6, 6.07) is 0.448. The zero-order chi connectivity index (χ0) is 11.4. The van der Waals surface area contributed by atoms with E-state index >= 15 is 0 Å². The zero-order valence-electron chi connectivity index (χ0n) is 10.3. The van der Waals surface area contributed by atoms with Crippen LogP contribution in [0.4, 0.5) is 5.95 Å². The predicted molar refractivity (Wildman–Crippen MR) is 66.7 cm³/mol. The molecule has 2 N–H and O–H groups in total. The third kappa shape index (κ3) is 3.23. The SMILES string of the molecule is Cc1cnc(NC(C)CN2CCCCC2)[nH]1. The van der Waals surface area contributed by atoms with Crippen LogP contribution in [0, 0.1) is 6.92 Å². The molecule has 4 heteroatoms. The van der Waals surface area contributed by atoms with Gasteiger partial charge in [0.15, 0.2) is 0 Å². The van der Waals surface area contributed by atoms with Gasteiger partial charge in [-0.15, -0.1) is 0 Å². The van der Waals surface area contributed by atoms with E-state index in [2.05, 4.69) is 27.1 Å². The van der Waals surface area contributed by atoms with Gasteiger partial charge in [0.2, 0.25) is 5.95 Å². The zero-order valence-corrected chi connectivity index (χ0v) is 10.3. The molecule has 0 amide bonds. The second kappa shape index (κ2) is 5.34. The number of aryl methyl sites for hydroxylation is 1. The summed E-state index contributed by atoms with van der Waals surface area (Å²) in [5.41, 5.74) is 1.10. The summed E-state index contributed by atoms with van der Waals surface area (Å²) < 4.78 is 0. The number of nitrogens with one attached hydrogen (secondary N) is 2. The number of rotatable bonds is 4. The molecule has 1 aliphatic rings. The summed E-state index contributed by atoms with van der Waals surface area (Å²) in [7, 11) is 0. The van der Waals surface area contributed by atoms with E-state index in [-0.39, 0.29) is 0 Å². The summed E-state index contributed by atoms with van der Waals surface area (Å²) in [5.74, 6) is 0.891. The third-order valence-electron chi connectivity index (χ3n) is 3.07. The van der Waals surface area contributed by atoms with Gasteiger partial charge in [0.25, 0.3) is 0 Å². The Morgan fingerprint density at radius 3 is 2.81 bits per heavy atom. The van der Waals surface area contributed by atoms with Crippen LogP contribution in [0.1, 0.15) is 31.9 Å². The molecule has 0 bridgehead atoms. The Kier molecular flexibility index (Phi) is 3.83. The molecule has 1 fully saturated rings. The molecule has 1 atom stereocenters. The second-order valence-corrected chi connectivity index (χ2v) is 4.82. The number of aromatic nitrogens is 2. The Morgan fingerprint density at radius 1 is 1.44 bits per heavy atom. The Hall–Kier alpha value is -1.03. The van der Waals surface area contributed by atoms with Gasteiger partial charge < -0.3 is 15.2 Å². The van der Waals surface area contributed by atoms with Crippen molar-refractivity contribution >= 4 is 5.95 Å². The minimum absolute atomic E-state index is 0.448. The number of hydrogen-bond acceptors (Lipinski definition) is 3. The minimum Gasteiger partial charge on any atom is -0.352 e. The summed E-state index contributed by atoms with van der Waals surface area (Å²) in [5, 5.41) is 3.40. The molecule has 0 saturated carbocycles. The lowest BCUT2D eigenvalue weighted by atomic mass is 10.1. The second-order valence-electron chi connectivity index (χ2n) is 4.82. The van der Waals surface area contributed by atoms with Crippen molar-refractivity contribution in [2.75, 3.05) is 25.0 Å². The van der Waals surface area contributed by atoms with E-state index in [1.165, 1.54) is 32.4 Å². The lowest BCUT2D eigenvalue weighted by Crippen LogP contribution is -2.38. The van der Waals surface area contributed by atoms with Crippen LogP contribution in [0.25, 0.3) is 0 Å². The van der Waals surface area contributed by atoms with Gasteiger partial charge in [0.05, 0.1) is 0 Å². The van der Waals surface area contributed by atoms with E-state index in [0.29, 0.717) is 6.04 Å². The highest BCUT2D eigenvalue weighted by atomic mass is 15.2. The van der Waals surface area contributed by atoms with E-state index in [1.807, 2.05) is 13.1 Å². The van der Waals surface area contributed by atoms with Crippen molar-refractivity contribution in [2.45, 2.75) is 39.2 Å². The van der Waals surface area contributed by atoms with Gasteiger partial charge >= 0.3 is 0 Å². The number of anilines is 1. The van der Waals surface area contributed by atoms with Gasteiger partial charge in [-0.1, -0.05) is 6.42 Å². The summed E-state index contributed by atoms with van der Waals surface area (Å²) in [6.07, 6.45) is 5.96. The average molecular weight is 222 g/mol. The molecule has 1 unspecified atom stereocenters. The third-order valence-corrected chi connectivity index (χ3v) is 3.07. The monoisotopic (exact) mass is 222 g/mol. The first kappa shape index (κ1) is 11.5. The van der Waals surface area contributed by atoms with Gasteiger partial charge in [0.1, 0.15) is 0 Å². The van der Waals surface area contributed by atoms with Crippen LogP contribution in [0.15, 0.2) is 6.20 Å². The van der Waals surface area contributed by atoms with Crippen LogP contribution in [-0.4, -0.2) is 40.5 Å². The number of piperidine rings is 1. The minimum atomic E-state index is 0.448. The first-order chi connectivity index (χ1) is 7.74. The maximum atomic E-state index is 4.26. The highest BCUT2D eigenvalue weighted by molar-refractivity contribution is 5.27. The smallest absolute Gasteiger partial charge is 0.200 e. The fraction of sp³-hybridized carbons (Fsp3) is 0.750. The lowest BCUT2D eigenvalue weighted by Gasteiger charge is -2.29. The van der Waals surface area contributed by atoms with Crippen LogP contribution in [0.3, 0.4) is 0 Å². The average Bonchev–Trinajstić information content (AvgIpc) is 2.65. The number of imidazole rings is 1. The maximum Gasteiger partial charge on any atom is 0.200 e. The summed E-state index contributed by atoms with van der Waals surface area (Å²) >= 11 is 0. The topological polar surface area (TPSA) is 44.0 Å². The molecular weight excluding hydrogens is 200 g/mol.